The number of likely N-dealkylation sites (tertiary alicyclic amines) is 1. The largest absolute Gasteiger partial charge is 0.373 e. The number of pyridine rings is 1. The Hall–Kier alpha value is -2.37. The van der Waals surface area contributed by atoms with Gasteiger partial charge in [-0.25, -0.2) is 4.98 Å². The van der Waals surface area contributed by atoms with E-state index in [1.807, 2.05) is 41.8 Å². The molecule has 1 aliphatic heterocycles. The van der Waals surface area contributed by atoms with Gasteiger partial charge in [-0.1, -0.05) is 13.8 Å². The van der Waals surface area contributed by atoms with Gasteiger partial charge in [0.25, 0.3) is 5.91 Å². The fraction of sp³-hybridized carbons (Fsp3) is 0.526. The van der Waals surface area contributed by atoms with Crippen LogP contribution in [-0.2, 0) is 6.54 Å². The Labute approximate surface area is 149 Å². The van der Waals surface area contributed by atoms with Gasteiger partial charge in [-0.2, -0.15) is 5.10 Å². The van der Waals surface area contributed by atoms with Crippen molar-refractivity contribution < 1.29 is 4.79 Å². The average molecular weight is 341 g/mol. The highest BCUT2D eigenvalue weighted by atomic mass is 16.2. The Morgan fingerprint density at radius 2 is 2.20 bits per heavy atom. The van der Waals surface area contributed by atoms with Gasteiger partial charge < -0.3 is 10.2 Å². The van der Waals surface area contributed by atoms with Gasteiger partial charge in [0.15, 0.2) is 0 Å². The summed E-state index contributed by atoms with van der Waals surface area (Å²) in [7, 11) is 1.86. The van der Waals surface area contributed by atoms with E-state index >= 15 is 0 Å². The number of nitrogens with zero attached hydrogens (tertiary/aromatic N) is 4. The lowest BCUT2D eigenvalue weighted by Crippen LogP contribution is -2.32. The van der Waals surface area contributed by atoms with Gasteiger partial charge in [0.2, 0.25) is 0 Å². The minimum absolute atomic E-state index is 0.0755. The van der Waals surface area contributed by atoms with Crippen LogP contribution in [0.1, 0.15) is 67.3 Å². The zero-order valence-corrected chi connectivity index (χ0v) is 15.5. The predicted molar refractivity (Wildman–Crippen MR) is 98.8 cm³/mol. The summed E-state index contributed by atoms with van der Waals surface area (Å²) >= 11 is 0. The molecule has 1 N–H and O–H groups in total. The maximum atomic E-state index is 13.2. The van der Waals surface area contributed by atoms with Gasteiger partial charge in [0.1, 0.15) is 11.5 Å². The minimum atomic E-state index is 0.0755. The first kappa shape index (κ1) is 17.5. The normalized spacial score (nSPS) is 17.3. The second-order valence-electron chi connectivity index (χ2n) is 6.81. The fourth-order valence-electron chi connectivity index (χ4n) is 3.43. The number of aromatic nitrogens is 3. The summed E-state index contributed by atoms with van der Waals surface area (Å²) in [5.41, 5.74) is 2.81. The third kappa shape index (κ3) is 3.38. The molecule has 2 aromatic heterocycles. The molecule has 3 rings (SSSR count). The molecule has 3 heterocycles. The minimum Gasteiger partial charge on any atom is -0.373 e. The number of anilines is 1. The number of hydrogen-bond donors (Lipinski definition) is 1. The summed E-state index contributed by atoms with van der Waals surface area (Å²) in [6, 6.07) is 6.10. The molecule has 0 spiro atoms. The zero-order valence-electron chi connectivity index (χ0n) is 15.5. The standard InChI is InChI=1S/C19H27N5O/c1-5-24-17(12-15(22-24)13(2)3)19(25)23-10-6-7-16(23)14-8-9-21-18(11-14)20-4/h8-9,11-13,16H,5-7,10H2,1-4H3,(H,20,21)/t16-/m0/s1. The molecule has 1 saturated heterocycles. The van der Waals surface area contributed by atoms with Crippen LogP contribution >= 0.6 is 0 Å². The molecular formula is C19H27N5O. The van der Waals surface area contributed by atoms with Crippen molar-refractivity contribution in [1.82, 2.24) is 19.7 Å². The zero-order chi connectivity index (χ0) is 18.0. The van der Waals surface area contributed by atoms with E-state index in [-0.39, 0.29) is 11.9 Å². The molecule has 1 aliphatic rings. The second kappa shape index (κ2) is 7.25. The molecule has 2 aromatic rings. The smallest absolute Gasteiger partial charge is 0.272 e. The van der Waals surface area contributed by atoms with E-state index < -0.39 is 0 Å². The molecule has 25 heavy (non-hydrogen) atoms. The van der Waals surface area contributed by atoms with E-state index in [0.717, 1.165) is 36.5 Å². The number of rotatable bonds is 5. The summed E-state index contributed by atoms with van der Waals surface area (Å²) in [5, 5.41) is 7.67. The van der Waals surface area contributed by atoms with E-state index in [9.17, 15) is 4.79 Å². The van der Waals surface area contributed by atoms with Crippen LogP contribution in [0.25, 0.3) is 0 Å². The molecule has 0 radical (unpaired) electrons. The van der Waals surface area contributed by atoms with Crippen LogP contribution in [0.5, 0.6) is 0 Å². The van der Waals surface area contributed by atoms with Gasteiger partial charge in [-0.15, -0.1) is 0 Å². The first-order chi connectivity index (χ1) is 12.0. The lowest BCUT2D eigenvalue weighted by molar-refractivity contribution is 0.0723. The molecule has 0 aliphatic carbocycles. The van der Waals surface area contributed by atoms with Crippen molar-refractivity contribution in [2.45, 2.75) is 52.1 Å². The van der Waals surface area contributed by atoms with Crippen molar-refractivity contribution in [3.8, 4) is 0 Å². The number of nitrogens with one attached hydrogen (secondary N) is 1. The quantitative estimate of drug-likeness (QED) is 0.905. The van der Waals surface area contributed by atoms with Crippen LogP contribution in [0.3, 0.4) is 0 Å². The number of carbonyl (C=O) groups excluding carboxylic acids is 1. The van der Waals surface area contributed by atoms with Crippen LogP contribution < -0.4 is 5.32 Å². The molecule has 6 heteroatoms. The third-order valence-corrected chi connectivity index (χ3v) is 4.85. The molecule has 134 valence electrons. The lowest BCUT2D eigenvalue weighted by Gasteiger charge is -2.25. The molecule has 1 atom stereocenters. The monoisotopic (exact) mass is 341 g/mol. The summed E-state index contributed by atoms with van der Waals surface area (Å²) in [6.07, 6.45) is 3.80. The molecule has 6 nitrogen and oxygen atoms in total. The number of hydrogen-bond acceptors (Lipinski definition) is 4. The highest BCUT2D eigenvalue weighted by Gasteiger charge is 2.32. The Bertz CT molecular complexity index is 752. The highest BCUT2D eigenvalue weighted by Crippen LogP contribution is 2.34. The van der Waals surface area contributed by atoms with Gasteiger partial charge in [-0.3, -0.25) is 9.48 Å². The van der Waals surface area contributed by atoms with E-state index in [4.69, 9.17) is 0 Å². The van der Waals surface area contributed by atoms with Crippen LogP contribution in [0.15, 0.2) is 24.4 Å². The van der Waals surface area contributed by atoms with Crippen molar-refractivity contribution in [3.05, 3.63) is 41.3 Å². The van der Waals surface area contributed by atoms with Crippen molar-refractivity contribution in [2.75, 3.05) is 18.9 Å². The van der Waals surface area contributed by atoms with E-state index in [1.165, 1.54) is 0 Å². The van der Waals surface area contributed by atoms with E-state index in [1.54, 1.807) is 6.20 Å². The maximum Gasteiger partial charge on any atom is 0.272 e. The first-order valence-electron chi connectivity index (χ1n) is 9.07. The predicted octanol–water partition coefficient (Wildman–Crippen LogP) is 3.44. The first-order valence-corrected chi connectivity index (χ1v) is 9.07. The summed E-state index contributed by atoms with van der Waals surface area (Å²) in [6.45, 7) is 7.71. The topological polar surface area (TPSA) is 63.1 Å². The molecule has 1 amide bonds. The number of aryl methyl sites for hydroxylation is 1. The Morgan fingerprint density at radius 1 is 1.40 bits per heavy atom. The summed E-state index contributed by atoms with van der Waals surface area (Å²) in [4.78, 5) is 19.5. The fourth-order valence-corrected chi connectivity index (χ4v) is 3.43. The van der Waals surface area contributed by atoms with Crippen LogP contribution in [0.2, 0.25) is 0 Å². The molecular weight excluding hydrogens is 314 g/mol. The average Bonchev–Trinajstić information content (AvgIpc) is 3.28. The van der Waals surface area contributed by atoms with Crippen molar-refractivity contribution in [2.24, 2.45) is 0 Å². The van der Waals surface area contributed by atoms with Gasteiger partial charge in [0, 0.05) is 26.3 Å². The molecule has 0 bridgehead atoms. The Kier molecular flexibility index (Phi) is 5.06. The molecule has 0 saturated carbocycles. The SMILES string of the molecule is CCn1nc(C(C)C)cc1C(=O)N1CCC[C@H]1c1ccnc(NC)c1. The number of amides is 1. The van der Waals surface area contributed by atoms with Crippen LogP contribution in [-0.4, -0.2) is 39.2 Å². The van der Waals surface area contributed by atoms with Crippen LogP contribution in [0, 0.1) is 0 Å². The number of carbonyl (C=O) groups is 1. The second-order valence-corrected chi connectivity index (χ2v) is 6.81. The maximum absolute atomic E-state index is 13.2. The lowest BCUT2D eigenvalue weighted by atomic mass is 10.1. The van der Waals surface area contributed by atoms with E-state index in [0.29, 0.717) is 18.2 Å². The highest BCUT2D eigenvalue weighted by molar-refractivity contribution is 5.93. The van der Waals surface area contributed by atoms with Crippen molar-refractivity contribution in [1.29, 1.82) is 0 Å². The molecule has 0 aromatic carbocycles. The van der Waals surface area contributed by atoms with E-state index in [2.05, 4.69) is 29.2 Å². The van der Waals surface area contributed by atoms with Crippen molar-refractivity contribution >= 4 is 11.7 Å². The summed E-state index contributed by atoms with van der Waals surface area (Å²) in [5.74, 6) is 1.22. The molecule has 1 fully saturated rings. The Morgan fingerprint density at radius 3 is 2.88 bits per heavy atom. The summed E-state index contributed by atoms with van der Waals surface area (Å²) < 4.78 is 1.83. The van der Waals surface area contributed by atoms with Crippen LogP contribution in [0.4, 0.5) is 5.82 Å². The van der Waals surface area contributed by atoms with Gasteiger partial charge in [0.05, 0.1) is 11.7 Å². The Balaban J connectivity index is 1.90. The van der Waals surface area contributed by atoms with Gasteiger partial charge >= 0.3 is 0 Å². The van der Waals surface area contributed by atoms with Gasteiger partial charge in [-0.05, 0) is 49.4 Å². The molecule has 0 unspecified atom stereocenters. The van der Waals surface area contributed by atoms with Crippen molar-refractivity contribution in [3.63, 3.8) is 0 Å². The third-order valence-electron chi connectivity index (χ3n) is 4.85.